The molecule has 1 aromatic carbocycles. The Morgan fingerprint density at radius 3 is 2.60 bits per heavy atom. The first kappa shape index (κ1) is 7.22. The van der Waals surface area contributed by atoms with Crippen molar-refractivity contribution in [1.82, 2.24) is 0 Å². The molecule has 0 aromatic heterocycles. The van der Waals surface area contributed by atoms with Crippen molar-refractivity contribution in [1.29, 1.82) is 0 Å². The molecule has 0 heterocycles. The predicted octanol–water partition coefficient (Wildman–Crippen LogP) is 2.42. The summed E-state index contributed by atoms with van der Waals surface area (Å²) >= 11 is 4.99. The third-order valence-electron chi connectivity index (χ3n) is 1.18. The Bertz CT molecular complexity index is 270. The average Bonchev–Trinajstić information content (AvgIpc) is 2.13. The van der Waals surface area contributed by atoms with E-state index in [9.17, 15) is 0 Å². The highest BCUT2D eigenvalue weighted by Gasteiger charge is 1.86. The molecule has 0 amide bonds. The largest absolute Gasteiger partial charge is 0.495 e. The lowest BCUT2D eigenvalue weighted by molar-refractivity contribution is 0.413. The smallest absolute Gasteiger partial charge is 0.136 e. The van der Waals surface area contributed by atoms with Gasteiger partial charge in [0, 0.05) is 0 Å². The lowest BCUT2D eigenvalue weighted by Crippen LogP contribution is -1.78. The average molecular weight is 152 g/mol. The van der Waals surface area contributed by atoms with Crippen LogP contribution in [0.15, 0.2) is 30.3 Å². The summed E-state index contributed by atoms with van der Waals surface area (Å²) in [5.41, 5.74) is 0. The summed E-state index contributed by atoms with van der Waals surface area (Å²) in [4.78, 5) is 0. The number of hydrogen-bond donors (Lipinski definition) is 0. The van der Waals surface area contributed by atoms with Crippen LogP contribution in [0.25, 0.3) is 0 Å². The van der Waals surface area contributed by atoms with Gasteiger partial charge >= 0.3 is 0 Å². The Morgan fingerprint density at radius 2 is 1.90 bits per heavy atom. The van der Waals surface area contributed by atoms with E-state index in [0.717, 1.165) is 10.3 Å². The summed E-state index contributed by atoms with van der Waals surface area (Å²) in [6, 6.07) is 9.40. The van der Waals surface area contributed by atoms with Crippen LogP contribution in [-0.4, -0.2) is 7.11 Å². The maximum atomic E-state index is 5.00. The molecule has 0 radical (unpaired) electrons. The quantitative estimate of drug-likeness (QED) is 0.571. The molecule has 2 heteroatoms. The van der Waals surface area contributed by atoms with Crippen molar-refractivity contribution in [2.75, 3.05) is 7.11 Å². The molecule has 0 N–H and O–H groups in total. The van der Waals surface area contributed by atoms with Crippen molar-refractivity contribution in [3.05, 3.63) is 34.8 Å². The van der Waals surface area contributed by atoms with Crippen LogP contribution in [0, 0.1) is 4.51 Å². The second-order valence-electron chi connectivity index (χ2n) is 1.84. The summed E-state index contributed by atoms with van der Waals surface area (Å²) in [6.45, 7) is 0. The van der Waals surface area contributed by atoms with E-state index in [1.807, 2.05) is 30.3 Å². The number of rotatable bonds is 1. The fraction of sp³-hybridized carbons (Fsp3) is 0.125. The molecule has 1 nitrogen and oxygen atoms in total. The number of methoxy groups -OCH3 is 1. The van der Waals surface area contributed by atoms with Crippen molar-refractivity contribution >= 4 is 12.2 Å². The summed E-state index contributed by atoms with van der Waals surface area (Å²) in [5.74, 6) is 0.750. The minimum atomic E-state index is 0.743. The summed E-state index contributed by atoms with van der Waals surface area (Å²) in [7, 11) is 1.62. The molecule has 0 unspecified atom stereocenters. The van der Waals surface area contributed by atoms with Crippen LogP contribution in [0.3, 0.4) is 0 Å². The molecule has 10 heavy (non-hydrogen) atoms. The van der Waals surface area contributed by atoms with Crippen molar-refractivity contribution in [2.24, 2.45) is 0 Å². The fourth-order valence-corrected chi connectivity index (χ4v) is 0.913. The van der Waals surface area contributed by atoms with Gasteiger partial charge in [0.1, 0.15) is 5.75 Å². The second kappa shape index (κ2) is 3.32. The van der Waals surface area contributed by atoms with Gasteiger partial charge in [0.2, 0.25) is 0 Å². The Labute approximate surface area is 65.3 Å². The molecule has 0 aliphatic heterocycles. The van der Waals surface area contributed by atoms with E-state index >= 15 is 0 Å². The fourth-order valence-electron chi connectivity index (χ4n) is 0.683. The first-order chi connectivity index (χ1) is 4.84. The van der Waals surface area contributed by atoms with Gasteiger partial charge in [-0.05, 0) is 12.1 Å². The highest BCUT2D eigenvalue weighted by Crippen LogP contribution is 2.09. The van der Waals surface area contributed by atoms with Gasteiger partial charge in [-0.15, -0.1) is 0 Å². The maximum Gasteiger partial charge on any atom is 0.136 e. The Morgan fingerprint density at radius 1 is 1.20 bits per heavy atom. The van der Waals surface area contributed by atoms with Gasteiger partial charge in [0.15, 0.2) is 0 Å². The van der Waals surface area contributed by atoms with Crippen LogP contribution in [0.1, 0.15) is 0 Å². The van der Waals surface area contributed by atoms with E-state index in [4.69, 9.17) is 17.0 Å². The second-order valence-corrected chi connectivity index (χ2v) is 2.28. The molecule has 0 atom stereocenters. The molecule has 0 saturated carbocycles. The van der Waals surface area contributed by atoms with Crippen LogP contribution in [0.5, 0.6) is 5.75 Å². The Balaban J connectivity index is 3.28. The SMILES string of the molecule is COc1cccccc1=S. The van der Waals surface area contributed by atoms with E-state index in [2.05, 4.69) is 0 Å². The third kappa shape index (κ3) is 1.54. The zero-order valence-electron chi connectivity index (χ0n) is 5.70. The van der Waals surface area contributed by atoms with Crippen molar-refractivity contribution < 1.29 is 4.74 Å². The summed E-state index contributed by atoms with van der Waals surface area (Å²) < 4.78 is 5.74. The number of ether oxygens (including phenoxy) is 1. The Hall–Kier alpha value is -0.890. The van der Waals surface area contributed by atoms with E-state index in [1.165, 1.54) is 0 Å². The zero-order chi connectivity index (χ0) is 7.40. The van der Waals surface area contributed by atoms with Crippen LogP contribution in [0.4, 0.5) is 0 Å². The van der Waals surface area contributed by atoms with Gasteiger partial charge in [0.05, 0.1) is 11.6 Å². The minimum absolute atomic E-state index is 0.743. The number of hydrogen-bond acceptors (Lipinski definition) is 2. The topological polar surface area (TPSA) is 9.23 Å². The first-order valence-electron chi connectivity index (χ1n) is 2.98. The van der Waals surface area contributed by atoms with Gasteiger partial charge < -0.3 is 4.74 Å². The van der Waals surface area contributed by atoms with Gasteiger partial charge in [-0.2, -0.15) is 0 Å². The zero-order valence-corrected chi connectivity index (χ0v) is 6.52. The van der Waals surface area contributed by atoms with Crippen LogP contribution >= 0.6 is 12.2 Å². The molecule has 0 spiro atoms. The van der Waals surface area contributed by atoms with E-state index in [1.54, 1.807) is 7.11 Å². The molecular formula is C8H8OS. The van der Waals surface area contributed by atoms with Gasteiger partial charge in [0.25, 0.3) is 0 Å². The molecule has 0 aliphatic rings. The van der Waals surface area contributed by atoms with Gasteiger partial charge in [-0.1, -0.05) is 30.4 Å². The first-order valence-corrected chi connectivity index (χ1v) is 3.39. The van der Waals surface area contributed by atoms with Crippen molar-refractivity contribution in [3.8, 4) is 5.75 Å². The highest BCUT2D eigenvalue weighted by molar-refractivity contribution is 7.71. The predicted molar refractivity (Wildman–Crippen MR) is 43.8 cm³/mol. The van der Waals surface area contributed by atoms with Crippen LogP contribution in [-0.2, 0) is 0 Å². The maximum absolute atomic E-state index is 5.00. The monoisotopic (exact) mass is 152 g/mol. The molecule has 0 bridgehead atoms. The summed E-state index contributed by atoms with van der Waals surface area (Å²) in [5, 5.41) is 0. The molecule has 1 aromatic rings. The van der Waals surface area contributed by atoms with Gasteiger partial charge in [-0.25, -0.2) is 0 Å². The molecule has 0 fully saturated rings. The minimum Gasteiger partial charge on any atom is -0.495 e. The lowest BCUT2D eigenvalue weighted by atomic mass is 10.5. The third-order valence-corrected chi connectivity index (χ3v) is 1.52. The molecule has 52 valence electrons. The molecular weight excluding hydrogens is 144 g/mol. The lowest BCUT2D eigenvalue weighted by Gasteiger charge is -1.91. The molecule has 0 saturated heterocycles. The Kier molecular flexibility index (Phi) is 2.40. The van der Waals surface area contributed by atoms with Gasteiger partial charge in [-0.3, -0.25) is 0 Å². The standard InChI is InChI=1S/C8H8OS/c1-9-7-5-3-2-4-6-8(7)10/h2-6H,1H3. The normalized spacial score (nSPS) is 8.90. The van der Waals surface area contributed by atoms with E-state index < -0.39 is 0 Å². The van der Waals surface area contributed by atoms with E-state index in [0.29, 0.717) is 0 Å². The van der Waals surface area contributed by atoms with Crippen molar-refractivity contribution in [3.63, 3.8) is 0 Å². The molecule has 0 aliphatic carbocycles. The van der Waals surface area contributed by atoms with E-state index in [-0.39, 0.29) is 0 Å². The van der Waals surface area contributed by atoms with Crippen LogP contribution in [0.2, 0.25) is 0 Å². The highest BCUT2D eigenvalue weighted by atomic mass is 32.1. The summed E-state index contributed by atoms with van der Waals surface area (Å²) in [6.07, 6.45) is 0. The molecule has 1 rings (SSSR count). The van der Waals surface area contributed by atoms with Crippen LogP contribution < -0.4 is 4.74 Å². The van der Waals surface area contributed by atoms with Crippen molar-refractivity contribution in [2.45, 2.75) is 0 Å².